The second-order valence-corrected chi connectivity index (χ2v) is 6.59. The molecule has 1 aliphatic rings. The van der Waals surface area contributed by atoms with Gasteiger partial charge in [0.2, 0.25) is 0 Å². The lowest BCUT2D eigenvalue weighted by atomic mass is 9.85. The number of dihydropyridines is 1. The van der Waals surface area contributed by atoms with Crippen LogP contribution in [-0.2, 0) is 4.79 Å². The molecule has 0 fully saturated rings. The molecule has 1 aliphatic heterocycles. The average Bonchev–Trinajstić information content (AvgIpc) is 2.62. The fraction of sp³-hybridized carbons (Fsp3) is 0.100. The second kappa shape index (κ2) is 7.65. The zero-order valence-electron chi connectivity index (χ0n) is 13.5. The maximum absolute atomic E-state index is 12.0. The van der Waals surface area contributed by atoms with Gasteiger partial charge >= 0.3 is 5.97 Å². The molecule has 6 heteroatoms. The van der Waals surface area contributed by atoms with Crippen LogP contribution in [-0.4, -0.2) is 11.1 Å². The molecule has 0 aromatic heterocycles. The van der Waals surface area contributed by atoms with Crippen LogP contribution in [0.1, 0.15) is 23.6 Å². The molecule has 0 saturated carbocycles. The van der Waals surface area contributed by atoms with Gasteiger partial charge < -0.3 is 10.4 Å². The Morgan fingerprint density at radius 1 is 1.15 bits per heavy atom. The van der Waals surface area contributed by atoms with Crippen LogP contribution in [0.15, 0.2) is 65.9 Å². The number of carboxylic acids is 1. The Morgan fingerprint density at radius 2 is 1.85 bits per heavy atom. The quantitative estimate of drug-likeness (QED) is 0.779. The smallest absolute Gasteiger partial charge is 0.336 e. The number of carboxylic acid groups (broad SMARTS) is 1. The van der Waals surface area contributed by atoms with Crippen LogP contribution < -0.4 is 5.32 Å². The first kappa shape index (κ1) is 18.1. The van der Waals surface area contributed by atoms with E-state index in [1.165, 1.54) is 6.08 Å². The van der Waals surface area contributed by atoms with Crippen molar-refractivity contribution in [1.29, 1.82) is 5.26 Å². The minimum absolute atomic E-state index is 0.0800. The van der Waals surface area contributed by atoms with E-state index in [2.05, 4.69) is 11.4 Å². The highest BCUT2D eigenvalue weighted by molar-refractivity contribution is 6.32. The minimum atomic E-state index is -1.07. The van der Waals surface area contributed by atoms with Crippen molar-refractivity contribution in [2.24, 2.45) is 0 Å². The minimum Gasteiger partial charge on any atom is -0.478 e. The number of nitriles is 1. The molecule has 1 heterocycles. The fourth-order valence-electron chi connectivity index (χ4n) is 2.96. The molecule has 1 atom stereocenters. The highest BCUT2D eigenvalue weighted by atomic mass is 35.5. The van der Waals surface area contributed by atoms with Crippen LogP contribution in [0.2, 0.25) is 10.0 Å². The molecule has 2 aromatic rings. The Balaban J connectivity index is 2.25. The van der Waals surface area contributed by atoms with Crippen molar-refractivity contribution in [2.75, 3.05) is 0 Å². The van der Waals surface area contributed by atoms with E-state index in [1.807, 2.05) is 12.1 Å². The topological polar surface area (TPSA) is 73.1 Å². The first-order valence-electron chi connectivity index (χ1n) is 7.83. The van der Waals surface area contributed by atoms with E-state index in [0.717, 1.165) is 5.56 Å². The van der Waals surface area contributed by atoms with Gasteiger partial charge in [-0.2, -0.15) is 5.26 Å². The number of nitrogens with zero attached hydrogens (tertiary/aromatic N) is 1. The highest BCUT2D eigenvalue weighted by Crippen LogP contribution is 2.40. The van der Waals surface area contributed by atoms with Crippen molar-refractivity contribution in [2.45, 2.75) is 12.5 Å². The SMILES string of the molecule is N#CCC1=CC(C(=O)O)=C(c2ccccc2Cl)C(c2ccc(Cl)cc2)N1. The van der Waals surface area contributed by atoms with Crippen LogP contribution in [0.4, 0.5) is 0 Å². The van der Waals surface area contributed by atoms with E-state index in [0.29, 0.717) is 26.9 Å². The Hall–Kier alpha value is -2.74. The fourth-order valence-corrected chi connectivity index (χ4v) is 3.32. The van der Waals surface area contributed by atoms with Gasteiger partial charge in [0.25, 0.3) is 0 Å². The monoisotopic (exact) mass is 384 g/mol. The van der Waals surface area contributed by atoms with Gasteiger partial charge in [-0.25, -0.2) is 4.79 Å². The normalized spacial score (nSPS) is 16.5. The first-order valence-corrected chi connectivity index (χ1v) is 8.58. The zero-order valence-corrected chi connectivity index (χ0v) is 15.1. The summed E-state index contributed by atoms with van der Waals surface area (Å²) in [5.41, 5.74) is 2.66. The van der Waals surface area contributed by atoms with Crippen molar-refractivity contribution < 1.29 is 9.90 Å². The van der Waals surface area contributed by atoms with Gasteiger partial charge in [-0.15, -0.1) is 0 Å². The summed E-state index contributed by atoms with van der Waals surface area (Å²) in [6.45, 7) is 0. The Bertz CT molecular complexity index is 957. The maximum Gasteiger partial charge on any atom is 0.336 e. The molecule has 0 amide bonds. The Morgan fingerprint density at radius 3 is 2.46 bits per heavy atom. The van der Waals surface area contributed by atoms with Crippen LogP contribution in [0.5, 0.6) is 0 Å². The molecule has 3 rings (SSSR count). The van der Waals surface area contributed by atoms with Crippen LogP contribution in [0, 0.1) is 11.3 Å². The second-order valence-electron chi connectivity index (χ2n) is 5.75. The third-order valence-electron chi connectivity index (χ3n) is 4.09. The van der Waals surface area contributed by atoms with Gasteiger partial charge in [-0.05, 0) is 35.4 Å². The van der Waals surface area contributed by atoms with Crippen LogP contribution in [0.25, 0.3) is 5.57 Å². The molecule has 26 heavy (non-hydrogen) atoms. The average molecular weight is 385 g/mol. The molecule has 0 spiro atoms. The molecule has 2 N–H and O–H groups in total. The Kier molecular flexibility index (Phi) is 5.32. The van der Waals surface area contributed by atoms with Gasteiger partial charge in [-0.1, -0.05) is 53.5 Å². The molecule has 0 saturated heterocycles. The number of halogens is 2. The summed E-state index contributed by atoms with van der Waals surface area (Å²) in [7, 11) is 0. The van der Waals surface area contributed by atoms with Gasteiger partial charge in [0, 0.05) is 21.3 Å². The van der Waals surface area contributed by atoms with E-state index >= 15 is 0 Å². The predicted molar refractivity (Wildman–Crippen MR) is 102 cm³/mol. The van der Waals surface area contributed by atoms with Gasteiger partial charge in [0.1, 0.15) is 0 Å². The molecule has 0 bridgehead atoms. The summed E-state index contributed by atoms with van der Waals surface area (Å²) in [6, 6.07) is 15.8. The van der Waals surface area contributed by atoms with E-state index in [1.54, 1.807) is 36.4 Å². The summed E-state index contributed by atoms with van der Waals surface area (Å²) in [4.78, 5) is 12.0. The lowest BCUT2D eigenvalue weighted by molar-refractivity contribution is -0.132. The number of nitrogens with one attached hydrogen (secondary N) is 1. The van der Waals surface area contributed by atoms with E-state index in [-0.39, 0.29) is 12.0 Å². The first-order chi connectivity index (χ1) is 12.5. The lowest BCUT2D eigenvalue weighted by Gasteiger charge is -2.30. The summed E-state index contributed by atoms with van der Waals surface area (Å²) in [6.07, 6.45) is 1.58. The molecular formula is C20H14Cl2N2O2. The number of hydrogen-bond donors (Lipinski definition) is 2. The van der Waals surface area contributed by atoms with Gasteiger partial charge in [0.05, 0.1) is 24.1 Å². The summed E-state index contributed by atoms with van der Waals surface area (Å²) >= 11 is 12.3. The highest BCUT2D eigenvalue weighted by Gasteiger charge is 2.30. The van der Waals surface area contributed by atoms with E-state index in [9.17, 15) is 9.90 Å². The molecule has 4 nitrogen and oxygen atoms in total. The summed E-state index contributed by atoms with van der Waals surface area (Å²) in [5.74, 6) is -1.07. The van der Waals surface area contributed by atoms with E-state index < -0.39 is 12.0 Å². The third kappa shape index (κ3) is 3.60. The lowest BCUT2D eigenvalue weighted by Crippen LogP contribution is -2.28. The number of hydrogen-bond acceptors (Lipinski definition) is 3. The number of allylic oxidation sites excluding steroid dienone is 1. The number of benzene rings is 2. The molecule has 130 valence electrons. The molecule has 0 radical (unpaired) electrons. The third-order valence-corrected chi connectivity index (χ3v) is 4.68. The number of rotatable bonds is 4. The number of carbonyl (C=O) groups is 1. The standard InChI is InChI=1S/C20H14Cl2N2O2/c21-13-7-5-12(6-8-13)19-18(15-3-1-2-4-17(15)22)16(20(25)26)11-14(24-19)9-10-23/h1-8,11,19,24H,9H2,(H,25,26). The van der Waals surface area contributed by atoms with Crippen molar-refractivity contribution in [3.63, 3.8) is 0 Å². The van der Waals surface area contributed by atoms with E-state index in [4.69, 9.17) is 28.5 Å². The van der Waals surface area contributed by atoms with Crippen molar-refractivity contribution in [1.82, 2.24) is 5.32 Å². The number of aliphatic carboxylic acids is 1. The van der Waals surface area contributed by atoms with Crippen molar-refractivity contribution >= 4 is 34.7 Å². The summed E-state index contributed by atoms with van der Waals surface area (Å²) < 4.78 is 0. The zero-order chi connectivity index (χ0) is 18.7. The molecule has 2 aromatic carbocycles. The summed E-state index contributed by atoms with van der Waals surface area (Å²) in [5, 5.41) is 23.1. The van der Waals surface area contributed by atoms with Crippen LogP contribution in [0.3, 0.4) is 0 Å². The molecule has 0 aliphatic carbocycles. The maximum atomic E-state index is 12.0. The Labute approximate surface area is 161 Å². The molecule has 1 unspecified atom stereocenters. The van der Waals surface area contributed by atoms with Gasteiger partial charge in [-0.3, -0.25) is 0 Å². The predicted octanol–water partition coefficient (Wildman–Crippen LogP) is 4.97. The van der Waals surface area contributed by atoms with Gasteiger partial charge in [0.15, 0.2) is 0 Å². The van der Waals surface area contributed by atoms with Crippen molar-refractivity contribution in [3.05, 3.63) is 87.0 Å². The van der Waals surface area contributed by atoms with Crippen LogP contribution >= 0.6 is 23.2 Å². The molecular weight excluding hydrogens is 371 g/mol. The van der Waals surface area contributed by atoms with Crippen molar-refractivity contribution in [3.8, 4) is 6.07 Å². The largest absolute Gasteiger partial charge is 0.478 e.